The molecule has 0 radical (unpaired) electrons. The number of hydrogen-bond donors (Lipinski definition) is 1. The monoisotopic (exact) mass is 340 g/mol. The predicted octanol–water partition coefficient (Wildman–Crippen LogP) is 4.59. The summed E-state index contributed by atoms with van der Waals surface area (Å²) in [7, 11) is 0. The van der Waals surface area contributed by atoms with Gasteiger partial charge < -0.3 is 10.1 Å². The summed E-state index contributed by atoms with van der Waals surface area (Å²) < 4.78 is 5.50. The standard InChI is InChI=1S/C19H17ClN2O2/c1-3-24-18-9-6-16(20)11-14(18)10-15(12-21)19(23)22-17-7-4-13(2)5-8-17/h4-11H,3H2,1-2H3,(H,22,23)/b15-10+. The van der Waals surface area contributed by atoms with Gasteiger partial charge in [-0.2, -0.15) is 5.26 Å². The highest BCUT2D eigenvalue weighted by Gasteiger charge is 2.12. The minimum absolute atomic E-state index is 0.0289. The Morgan fingerprint density at radius 2 is 2.00 bits per heavy atom. The summed E-state index contributed by atoms with van der Waals surface area (Å²) in [6.45, 7) is 4.29. The van der Waals surface area contributed by atoms with Gasteiger partial charge in [-0.25, -0.2) is 0 Å². The molecule has 2 rings (SSSR count). The number of carbonyl (C=O) groups excluding carboxylic acids is 1. The number of benzene rings is 2. The van der Waals surface area contributed by atoms with E-state index in [9.17, 15) is 10.1 Å². The van der Waals surface area contributed by atoms with Crippen molar-refractivity contribution in [1.82, 2.24) is 0 Å². The van der Waals surface area contributed by atoms with Gasteiger partial charge in [0.15, 0.2) is 0 Å². The van der Waals surface area contributed by atoms with E-state index in [4.69, 9.17) is 16.3 Å². The minimum atomic E-state index is -0.483. The number of ether oxygens (including phenoxy) is 1. The quantitative estimate of drug-likeness (QED) is 0.639. The number of anilines is 1. The third-order valence-corrected chi connectivity index (χ3v) is 3.48. The van der Waals surface area contributed by atoms with Gasteiger partial charge in [-0.3, -0.25) is 4.79 Å². The number of nitriles is 1. The molecule has 2 aromatic rings. The van der Waals surface area contributed by atoms with E-state index in [-0.39, 0.29) is 5.57 Å². The molecule has 0 atom stereocenters. The average molecular weight is 341 g/mol. The highest BCUT2D eigenvalue weighted by atomic mass is 35.5. The number of nitrogens with zero attached hydrogens (tertiary/aromatic N) is 1. The minimum Gasteiger partial charge on any atom is -0.493 e. The summed E-state index contributed by atoms with van der Waals surface area (Å²) in [6.07, 6.45) is 1.47. The van der Waals surface area contributed by atoms with Gasteiger partial charge in [-0.05, 0) is 50.3 Å². The molecule has 0 aliphatic rings. The second-order valence-corrected chi connectivity index (χ2v) is 5.54. The zero-order valence-electron chi connectivity index (χ0n) is 13.5. The molecule has 5 heteroatoms. The van der Waals surface area contributed by atoms with E-state index in [1.807, 2.05) is 32.0 Å². The topological polar surface area (TPSA) is 62.1 Å². The largest absolute Gasteiger partial charge is 0.493 e. The number of aryl methyl sites for hydroxylation is 1. The maximum Gasteiger partial charge on any atom is 0.266 e. The summed E-state index contributed by atoms with van der Waals surface area (Å²) in [4.78, 5) is 12.3. The number of nitrogens with one attached hydrogen (secondary N) is 1. The van der Waals surface area contributed by atoms with E-state index in [0.717, 1.165) is 5.56 Å². The molecule has 0 aliphatic carbocycles. The van der Waals surface area contributed by atoms with Crippen LogP contribution in [-0.2, 0) is 4.79 Å². The van der Waals surface area contributed by atoms with E-state index < -0.39 is 5.91 Å². The molecule has 4 nitrogen and oxygen atoms in total. The van der Waals surface area contributed by atoms with E-state index >= 15 is 0 Å². The fourth-order valence-corrected chi connectivity index (χ4v) is 2.24. The maximum absolute atomic E-state index is 12.3. The van der Waals surface area contributed by atoms with E-state index in [0.29, 0.717) is 28.6 Å². The molecule has 0 bridgehead atoms. The molecule has 0 aliphatic heterocycles. The van der Waals surface area contributed by atoms with Crippen LogP contribution in [0.25, 0.3) is 6.08 Å². The second-order valence-electron chi connectivity index (χ2n) is 5.11. The van der Waals surface area contributed by atoms with Crippen LogP contribution in [0.1, 0.15) is 18.1 Å². The first kappa shape index (κ1) is 17.6. The Bertz CT molecular complexity index is 805. The van der Waals surface area contributed by atoms with Crippen molar-refractivity contribution in [3.63, 3.8) is 0 Å². The van der Waals surface area contributed by atoms with Gasteiger partial charge in [-0.15, -0.1) is 0 Å². The Hall–Kier alpha value is -2.77. The predicted molar refractivity (Wildman–Crippen MR) is 96.0 cm³/mol. The molecular formula is C19H17ClN2O2. The van der Waals surface area contributed by atoms with Crippen LogP contribution < -0.4 is 10.1 Å². The summed E-state index contributed by atoms with van der Waals surface area (Å²) in [5, 5.41) is 12.5. The van der Waals surface area contributed by atoms with Gasteiger partial charge in [-0.1, -0.05) is 29.3 Å². The lowest BCUT2D eigenvalue weighted by molar-refractivity contribution is -0.112. The van der Waals surface area contributed by atoms with Crippen LogP contribution >= 0.6 is 11.6 Å². The first-order valence-electron chi connectivity index (χ1n) is 7.45. The Labute approximate surface area is 146 Å². The fraction of sp³-hybridized carbons (Fsp3) is 0.158. The van der Waals surface area contributed by atoms with Crippen LogP contribution in [0.2, 0.25) is 5.02 Å². The first-order chi connectivity index (χ1) is 11.5. The van der Waals surface area contributed by atoms with Crippen molar-refractivity contribution < 1.29 is 9.53 Å². The smallest absolute Gasteiger partial charge is 0.266 e. The van der Waals surface area contributed by atoms with Crippen LogP contribution in [0.5, 0.6) is 5.75 Å². The highest BCUT2D eigenvalue weighted by molar-refractivity contribution is 6.30. The summed E-state index contributed by atoms with van der Waals surface area (Å²) >= 11 is 6.00. The Balaban J connectivity index is 2.28. The zero-order valence-corrected chi connectivity index (χ0v) is 14.2. The van der Waals surface area contributed by atoms with E-state index in [1.54, 1.807) is 30.3 Å². The van der Waals surface area contributed by atoms with Crippen molar-refractivity contribution in [3.05, 3.63) is 64.2 Å². The van der Waals surface area contributed by atoms with Crippen LogP contribution in [-0.4, -0.2) is 12.5 Å². The van der Waals surface area contributed by atoms with Crippen molar-refractivity contribution in [2.45, 2.75) is 13.8 Å². The molecule has 0 fully saturated rings. The van der Waals surface area contributed by atoms with Crippen LogP contribution in [0.15, 0.2) is 48.0 Å². The van der Waals surface area contributed by atoms with Crippen LogP contribution in [0.3, 0.4) is 0 Å². The van der Waals surface area contributed by atoms with Gasteiger partial charge in [0.25, 0.3) is 5.91 Å². The molecule has 2 aromatic carbocycles. The van der Waals surface area contributed by atoms with Gasteiger partial charge in [0, 0.05) is 16.3 Å². The number of rotatable bonds is 5. The van der Waals surface area contributed by atoms with E-state index in [2.05, 4.69) is 5.32 Å². The normalized spacial score (nSPS) is 10.8. The molecular weight excluding hydrogens is 324 g/mol. The lowest BCUT2D eigenvalue weighted by Crippen LogP contribution is -2.13. The Morgan fingerprint density at radius 3 is 2.62 bits per heavy atom. The number of amides is 1. The van der Waals surface area contributed by atoms with Crippen molar-refractivity contribution >= 4 is 29.3 Å². The van der Waals surface area contributed by atoms with Gasteiger partial charge in [0.1, 0.15) is 17.4 Å². The van der Waals surface area contributed by atoms with Crippen molar-refractivity contribution in [2.75, 3.05) is 11.9 Å². The molecule has 0 saturated carbocycles. The molecule has 0 heterocycles. The third-order valence-electron chi connectivity index (χ3n) is 3.25. The van der Waals surface area contributed by atoms with Crippen molar-refractivity contribution in [3.8, 4) is 11.8 Å². The Morgan fingerprint density at radius 1 is 1.29 bits per heavy atom. The average Bonchev–Trinajstić information content (AvgIpc) is 2.57. The SMILES string of the molecule is CCOc1ccc(Cl)cc1/C=C(\C#N)C(=O)Nc1ccc(C)cc1. The third kappa shape index (κ3) is 4.61. The van der Waals surface area contributed by atoms with Crippen LogP contribution in [0, 0.1) is 18.3 Å². The molecule has 0 unspecified atom stereocenters. The van der Waals surface area contributed by atoms with Gasteiger partial charge in [0.05, 0.1) is 6.61 Å². The lowest BCUT2D eigenvalue weighted by atomic mass is 10.1. The molecule has 24 heavy (non-hydrogen) atoms. The second kappa shape index (κ2) is 8.19. The summed E-state index contributed by atoms with van der Waals surface area (Å²) in [6, 6.07) is 14.3. The molecule has 1 N–H and O–H groups in total. The van der Waals surface area contributed by atoms with Gasteiger partial charge in [0.2, 0.25) is 0 Å². The number of hydrogen-bond acceptors (Lipinski definition) is 3. The molecule has 1 amide bonds. The molecule has 0 aromatic heterocycles. The number of halogens is 1. The fourth-order valence-electron chi connectivity index (χ4n) is 2.06. The van der Waals surface area contributed by atoms with Crippen LogP contribution in [0.4, 0.5) is 5.69 Å². The summed E-state index contributed by atoms with van der Waals surface area (Å²) in [5.74, 6) is 0.0848. The van der Waals surface area contributed by atoms with Crippen molar-refractivity contribution in [2.24, 2.45) is 0 Å². The van der Waals surface area contributed by atoms with Crippen molar-refractivity contribution in [1.29, 1.82) is 5.26 Å². The molecule has 0 spiro atoms. The maximum atomic E-state index is 12.3. The first-order valence-corrected chi connectivity index (χ1v) is 7.83. The highest BCUT2D eigenvalue weighted by Crippen LogP contribution is 2.25. The molecule has 122 valence electrons. The zero-order chi connectivity index (χ0) is 17.5. The Kier molecular flexibility index (Phi) is 6.00. The van der Waals surface area contributed by atoms with E-state index in [1.165, 1.54) is 6.08 Å². The lowest BCUT2D eigenvalue weighted by Gasteiger charge is -2.09. The summed E-state index contributed by atoms with van der Waals surface area (Å²) in [5.41, 5.74) is 2.27. The molecule has 0 saturated heterocycles. The number of carbonyl (C=O) groups is 1. The van der Waals surface area contributed by atoms with Gasteiger partial charge >= 0.3 is 0 Å².